The van der Waals surface area contributed by atoms with Crippen LogP contribution in [-0.2, 0) is 9.84 Å². The zero-order valence-electron chi connectivity index (χ0n) is 29.4. The number of piperidine rings is 2. The molecule has 2 saturated heterocycles. The summed E-state index contributed by atoms with van der Waals surface area (Å²) in [5, 5.41) is 6.15. The van der Waals surface area contributed by atoms with Gasteiger partial charge in [-0.05, 0) is 108 Å². The van der Waals surface area contributed by atoms with Crippen LogP contribution >= 0.6 is 35.6 Å². The Hall–Kier alpha value is -3.13. The molecule has 5 rings (SSSR count). The number of nitrogens with zero attached hydrogens (tertiary/aromatic N) is 4. The monoisotopic (exact) mass is 758 g/mol. The second-order valence-electron chi connectivity index (χ2n) is 13.4. The van der Waals surface area contributed by atoms with Crippen LogP contribution in [0.4, 0.5) is 27.9 Å². The van der Waals surface area contributed by atoms with Gasteiger partial charge in [0.05, 0.1) is 44.6 Å². The summed E-state index contributed by atoms with van der Waals surface area (Å²) in [6, 6.07) is 10.8. The maximum absolute atomic E-state index is 13.1. The summed E-state index contributed by atoms with van der Waals surface area (Å²) in [5.41, 5.74) is 3.36. The van der Waals surface area contributed by atoms with Gasteiger partial charge in [-0.2, -0.15) is 4.98 Å². The molecule has 50 heavy (non-hydrogen) atoms. The number of thioether (sulfide) groups is 1. The zero-order valence-corrected chi connectivity index (χ0v) is 32.6. The van der Waals surface area contributed by atoms with E-state index in [4.69, 9.17) is 28.6 Å². The summed E-state index contributed by atoms with van der Waals surface area (Å²) >= 11 is 13.4. The van der Waals surface area contributed by atoms with Gasteiger partial charge in [0.2, 0.25) is 5.95 Å². The van der Waals surface area contributed by atoms with Gasteiger partial charge < -0.3 is 25.2 Å². The SMILES string of the molecule is Cc1cc(Nc2ncc(Cl)c(Nc3ccccc3S(=O)(=O)C(C)C)n2)c(OC(C)C)cc1C1CCN(C(=O)SCC(=S)N2CCCCC2)CC1. The molecule has 3 aromatic rings. The standard InChI is InChI=1S/C36H47ClN6O4S3/c1-23(2)47-31-20-27(26-13-17-43(18-14-26)36(44)49-22-33(48)42-15-9-6-10-16-42)25(5)19-30(31)40-35-38-21-28(37)34(41-35)39-29-11-7-8-12-32(29)50(45,46)24(3)4/h7-8,11-12,19-21,23-24,26H,6,9-10,13-18,22H2,1-5H3,(H2,38,39,40,41). The van der Waals surface area contributed by atoms with Crippen molar-refractivity contribution in [2.24, 2.45) is 0 Å². The Morgan fingerprint density at radius 2 is 1.72 bits per heavy atom. The number of hydrogen-bond acceptors (Lipinski definition) is 10. The Kier molecular flexibility index (Phi) is 12.9. The van der Waals surface area contributed by atoms with Gasteiger partial charge >= 0.3 is 0 Å². The molecule has 0 unspecified atom stereocenters. The average Bonchev–Trinajstić information content (AvgIpc) is 3.10. The highest BCUT2D eigenvalue weighted by molar-refractivity contribution is 8.14. The van der Waals surface area contributed by atoms with Gasteiger partial charge in [-0.25, -0.2) is 13.4 Å². The van der Waals surface area contributed by atoms with Crippen molar-refractivity contribution in [3.8, 4) is 5.75 Å². The van der Waals surface area contributed by atoms with Crippen LogP contribution in [0.2, 0.25) is 5.02 Å². The molecule has 0 aliphatic carbocycles. The van der Waals surface area contributed by atoms with Gasteiger partial charge in [-0.1, -0.05) is 47.7 Å². The molecule has 0 atom stereocenters. The van der Waals surface area contributed by atoms with Crippen molar-refractivity contribution in [2.75, 3.05) is 42.6 Å². The Morgan fingerprint density at radius 3 is 2.40 bits per heavy atom. The van der Waals surface area contributed by atoms with Gasteiger partial charge in [0.25, 0.3) is 5.24 Å². The molecule has 2 N–H and O–H groups in total. The average molecular weight is 759 g/mol. The lowest BCUT2D eigenvalue weighted by Gasteiger charge is -2.33. The van der Waals surface area contributed by atoms with Crippen molar-refractivity contribution in [1.29, 1.82) is 0 Å². The molecule has 0 saturated carbocycles. The molecule has 0 radical (unpaired) electrons. The summed E-state index contributed by atoms with van der Waals surface area (Å²) in [6.07, 6.45) is 6.71. The number of nitrogens with one attached hydrogen (secondary N) is 2. The molecule has 2 aliphatic heterocycles. The predicted octanol–water partition coefficient (Wildman–Crippen LogP) is 8.74. The second-order valence-corrected chi connectivity index (χ2v) is 17.6. The number of anilines is 4. The van der Waals surface area contributed by atoms with Gasteiger partial charge in [-0.15, -0.1) is 0 Å². The van der Waals surface area contributed by atoms with E-state index in [1.807, 2.05) is 24.8 Å². The first-order valence-corrected chi connectivity index (χ1v) is 20.6. The van der Waals surface area contributed by atoms with Crippen LogP contribution in [0.25, 0.3) is 0 Å². The van der Waals surface area contributed by atoms with Crippen molar-refractivity contribution in [2.45, 2.75) is 88.9 Å². The van der Waals surface area contributed by atoms with Crippen LogP contribution in [0.15, 0.2) is 47.5 Å². The number of benzene rings is 2. The second kappa shape index (κ2) is 16.9. The number of sulfone groups is 1. The summed E-state index contributed by atoms with van der Waals surface area (Å²) in [6.45, 7) is 12.7. The molecule has 10 nitrogen and oxygen atoms in total. The third kappa shape index (κ3) is 9.40. The third-order valence-electron chi connectivity index (χ3n) is 9.01. The van der Waals surface area contributed by atoms with Crippen LogP contribution in [0.1, 0.15) is 76.8 Å². The highest BCUT2D eigenvalue weighted by Crippen LogP contribution is 2.39. The number of likely N-dealkylation sites (tertiary alicyclic amines) is 2. The molecule has 3 heterocycles. The van der Waals surface area contributed by atoms with E-state index in [2.05, 4.69) is 38.5 Å². The van der Waals surface area contributed by atoms with Crippen LogP contribution in [0, 0.1) is 6.92 Å². The quantitative estimate of drug-likeness (QED) is 0.183. The summed E-state index contributed by atoms with van der Waals surface area (Å²) in [4.78, 5) is 27.3. The molecule has 14 heteroatoms. The minimum atomic E-state index is -3.56. The molecular formula is C36H47ClN6O4S3. The van der Waals surface area contributed by atoms with Gasteiger partial charge in [-0.3, -0.25) is 4.79 Å². The van der Waals surface area contributed by atoms with E-state index in [0.717, 1.165) is 36.5 Å². The first kappa shape index (κ1) is 38.1. The van der Waals surface area contributed by atoms with Gasteiger partial charge in [0.1, 0.15) is 10.8 Å². The highest BCUT2D eigenvalue weighted by atomic mass is 35.5. The lowest BCUT2D eigenvalue weighted by Crippen LogP contribution is -2.38. The van der Waals surface area contributed by atoms with Crippen molar-refractivity contribution in [3.63, 3.8) is 0 Å². The third-order valence-corrected chi connectivity index (χ3v) is 13.0. The molecular weight excluding hydrogens is 712 g/mol. The normalized spacial score (nSPS) is 15.8. The van der Waals surface area contributed by atoms with E-state index in [-0.39, 0.29) is 38.9 Å². The highest BCUT2D eigenvalue weighted by Gasteiger charge is 2.27. The molecule has 1 aromatic heterocycles. The maximum Gasteiger partial charge on any atom is 0.282 e. The number of aryl methyl sites for hydroxylation is 1. The Bertz CT molecular complexity index is 1790. The smallest absolute Gasteiger partial charge is 0.282 e. The van der Waals surface area contributed by atoms with E-state index in [1.165, 1.54) is 42.8 Å². The number of rotatable bonds is 11. The fraction of sp³-hybridized carbons (Fsp3) is 0.500. The van der Waals surface area contributed by atoms with E-state index in [0.29, 0.717) is 36.0 Å². The molecule has 2 aromatic carbocycles. The molecule has 0 spiro atoms. The zero-order chi connectivity index (χ0) is 36.0. The minimum absolute atomic E-state index is 0.0821. The lowest BCUT2D eigenvalue weighted by molar-refractivity contribution is 0.205. The number of carbonyl (C=O) groups excluding carboxylic acids is 1. The molecule has 0 bridgehead atoms. The summed E-state index contributed by atoms with van der Waals surface area (Å²) in [5.74, 6) is 2.06. The van der Waals surface area contributed by atoms with Gasteiger partial charge in [0.15, 0.2) is 15.7 Å². The Balaban J connectivity index is 1.28. The van der Waals surface area contributed by atoms with E-state index < -0.39 is 15.1 Å². The first-order valence-electron chi connectivity index (χ1n) is 17.2. The topological polar surface area (TPSA) is 117 Å². The van der Waals surface area contributed by atoms with Crippen molar-refractivity contribution < 1.29 is 17.9 Å². The van der Waals surface area contributed by atoms with E-state index in [1.54, 1.807) is 38.1 Å². The molecule has 2 aliphatic rings. The Labute approximate surface area is 311 Å². The number of thiocarbonyl (C=S) groups is 1. The van der Waals surface area contributed by atoms with E-state index in [9.17, 15) is 13.2 Å². The molecule has 1 amide bonds. The predicted molar refractivity (Wildman–Crippen MR) is 209 cm³/mol. The number of carbonyl (C=O) groups is 1. The van der Waals surface area contributed by atoms with Crippen LogP contribution < -0.4 is 15.4 Å². The first-order chi connectivity index (χ1) is 23.8. The van der Waals surface area contributed by atoms with Crippen LogP contribution in [-0.4, -0.2) is 81.7 Å². The number of ether oxygens (including phenoxy) is 1. The summed E-state index contributed by atoms with van der Waals surface area (Å²) < 4.78 is 32.3. The number of halogens is 1. The largest absolute Gasteiger partial charge is 0.489 e. The Morgan fingerprint density at radius 1 is 1.02 bits per heavy atom. The lowest BCUT2D eigenvalue weighted by atomic mass is 9.86. The fourth-order valence-corrected chi connectivity index (χ4v) is 8.74. The number of hydrogen-bond donors (Lipinski definition) is 2. The number of aromatic nitrogens is 2. The van der Waals surface area contributed by atoms with Crippen molar-refractivity contribution in [3.05, 3.63) is 58.7 Å². The number of amides is 1. The van der Waals surface area contributed by atoms with E-state index >= 15 is 0 Å². The van der Waals surface area contributed by atoms with Crippen molar-refractivity contribution >= 4 is 78.8 Å². The molecule has 270 valence electrons. The minimum Gasteiger partial charge on any atom is -0.489 e. The van der Waals surface area contributed by atoms with Crippen LogP contribution in [0.5, 0.6) is 5.75 Å². The summed E-state index contributed by atoms with van der Waals surface area (Å²) in [7, 11) is -3.56. The molecule has 2 fully saturated rings. The number of para-hydroxylation sites is 1. The van der Waals surface area contributed by atoms with Crippen LogP contribution in [0.3, 0.4) is 0 Å². The maximum atomic E-state index is 13.1. The van der Waals surface area contributed by atoms with Gasteiger partial charge in [0, 0.05) is 26.2 Å². The fourth-order valence-electron chi connectivity index (χ4n) is 6.25. The van der Waals surface area contributed by atoms with Crippen molar-refractivity contribution in [1.82, 2.24) is 19.8 Å².